The Balaban J connectivity index is 2.02. The molecule has 2 aromatic rings. The Bertz CT molecular complexity index is 641. The maximum atomic E-state index is 8.74. The van der Waals surface area contributed by atoms with Crippen LogP contribution >= 0.6 is 46.3 Å². The highest BCUT2D eigenvalue weighted by Gasteiger charge is 2.05. The Kier molecular flexibility index (Phi) is 6.28. The lowest BCUT2D eigenvalue weighted by atomic mass is 10.2. The molecule has 0 saturated heterocycles. The SMILES string of the molecule is OCCC#Cc1ccsc1CSc1ccc(Cl)c(Cl)c1. The van der Waals surface area contributed by atoms with Gasteiger partial charge in [-0.25, -0.2) is 0 Å². The minimum atomic E-state index is 0.102. The van der Waals surface area contributed by atoms with Crippen molar-refractivity contribution in [3.05, 3.63) is 50.1 Å². The molecule has 0 aliphatic rings. The highest BCUT2D eigenvalue weighted by Crippen LogP contribution is 2.31. The molecule has 0 atom stereocenters. The van der Waals surface area contributed by atoms with Crippen molar-refractivity contribution < 1.29 is 5.11 Å². The summed E-state index contributed by atoms with van der Waals surface area (Å²) >= 11 is 15.3. The van der Waals surface area contributed by atoms with Crippen molar-refractivity contribution in [3.8, 4) is 11.8 Å². The summed E-state index contributed by atoms with van der Waals surface area (Å²) in [5.74, 6) is 6.89. The van der Waals surface area contributed by atoms with Gasteiger partial charge in [-0.2, -0.15) is 0 Å². The van der Waals surface area contributed by atoms with Crippen LogP contribution < -0.4 is 0 Å². The third kappa shape index (κ3) is 4.44. The van der Waals surface area contributed by atoms with Crippen LogP contribution in [0.4, 0.5) is 0 Å². The summed E-state index contributed by atoms with van der Waals surface area (Å²) in [6.45, 7) is 0.102. The minimum Gasteiger partial charge on any atom is -0.395 e. The van der Waals surface area contributed by atoms with Crippen molar-refractivity contribution in [2.45, 2.75) is 17.1 Å². The molecule has 0 unspecified atom stereocenters. The molecule has 1 nitrogen and oxygen atoms in total. The molecule has 2 rings (SSSR count). The van der Waals surface area contributed by atoms with E-state index in [9.17, 15) is 0 Å². The fraction of sp³-hybridized carbons (Fsp3) is 0.200. The van der Waals surface area contributed by atoms with Crippen LogP contribution in [0.5, 0.6) is 0 Å². The Morgan fingerprint density at radius 3 is 2.80 bits per heavy atom. The molecular weight excluding hydrogens is 331 g/mol. The number of aliphatic hydroxyl groups is 1. The van der Waals surface area contributed by atoms with E-state index in [0.717, 1.165) is 16.2 Å². The van der Waals surface area contributed by atoms with Crippen molar-refractivity contribution in [3.63, 3.8) is 0 Å². The second-order valence-corrected chi connectivity index (χ2v) is 6.76. The van der Waals surface area contributed by atoms with Gasteiger partial charge < -0.3 is 5.11 Å². The molecule has 104 valence electrons. The molecule has 1 aromatic heterocycles. The molecule has 0 spiro atoms. The zero-order valence-electron chi connectivity index (χ0n) is 10.5. The fourth-order valence-electron chi connectivity index (χ4n) is 1.49. The van der Waals surface area contributed by atoms with Crippen LogP contribution in [0.15, 0.2) is 34.5 Å². The minimum absolute atomic E-state index is 0.102. The molecule has 5 heteroatoms. The zero-order valence-corrected chi connectivity index (χ0v) is 13.7. The lowest BCUT2D eigenvalue weighted by molar-refractivity contribution is 0.305. The third-order valence-electron chi connectivity index (χ3n) is 2.47. The first kappa shape index (κ1) is 15.8. The highest BCUT2D eigenvalue weighted by atomic mass is 35.5. The van der Waals surface area contributed by atoms with E-state index in [-0.39, 0.29) is 6.61 Å². The summed E-state index contributed by atoms with van der Waals surface area (Å²) in [6, 6.07) is 7.66. The van der Waals surface area contributed by atoms with Gasteiger partial charge in [0.05, 0.1) is 16.7 Å². The number of halogens is 2. The van der Waals surface area contributed by atoms with Crippen LogP contribution in [-0.2, 0) is 5.75 Å². The van der Waals surface area contributed by atoms with Gasteiger partial charge in [0.15, 0.2) is 0 Å². The van der Waals surface area contributed by atoms with E-state index >= 15 is 0 Å². The molecule has 0 aliphatic heterocycles. The number of thiophene rings is 1. The average Bonchev–Trinajstić information content (AvgIpc) is 2.88. The van der Waals surface area contributed by atoms with Crippen molar-refractivity contribution in [1.82, 2.24) is 0 Å². The average molecular weight is 343 g/mol. The molecule has 1 aromatic carbocycles. The Labute approximate surface area is 136 Å². The molecule has 0 radical (unpaired) electrons. The Morgan fingerprint density at radius 2 is 2.05 bits per heavy atom. The van der Waals surface area contributed by atoms with E-state index in [0.29, 0.717) is 16.5 Å². The molecule has 0 aliphatic carbocycles. The van der Waals surface area contributed by atoms with E-state index < -0.39 is 0 Å². The van der Waals surface area contributed by atoms with E-state index in [4.69, 9.17) is 28.3 Å². The number of thioether (sulfide) groups is 1. The zero-order chi connectivity index (χ0) is 14.4. The van der Waals surface area contributed by atoms with Crippen molar-refractivity contribution in [2.24, 2.45) is 0 Å². The standard InChI is InChI=1S/C15H12Cl2OS2/c16-13-5-4-12(9-14(13)17)20-10-15-11(6-8-19-15)3-1-2-7-18/h4-6,8-9,18H,2,7,10H2. The van der Waals surface area contributed by atoms with Gasteiger partial charge in [0.25, 0.3) is 0 Å². The smallest absolute Gasteiger partial charge is 0.0603 e. The summed E-state index contributed by atoms with van der Waals surface area (Å²) in [5.41, 5.74) is 1.04. The Morgan fingerprint density at radius 1 is 1.20 bits per heavy atom. The first-order valence-electron chi connectivity index (χ1n) is 5.94. The van der Waals surface area contributed by atoms with Gasteiger partial charge in [0.1, 0.15) is 0 Å². The maximum Gasteiger partial charge on any atom is 0.0603 e. The summed E-state index contributed by atoms with van der Waals surface area (Å²) in [4.78, 5) is 2.31. The molecule has 0 fully saturated rings. The molecule has 1 heterocycles. The van der Waals surface area contributed by atoms with Crippen LogP contribution in [0, 0.1) is 11.8 Å². The molecule has 0 amide bonds. The first-order chi connectivity index (χ1) is 9.70. The van der Waals surface area contributed by atoms with Crippen molar-refractivity contribution in [1.29, 1.82) is 0 Å². The van der Waals surface area contributed by atoms with Gasteiger partial charge >= 0.3 is 0 Å². The largest absolute Gasteiger partial charge is 0.395 e. The van der Waals surface area contributed by atoms with Crippen molar-refractivity contribution >= 4 is 46.3 Å². The third-order valence-corrected chi connectivity index (χ3v) is 5.33. The number of benzene rings is 1. The van der Waals surface area contributed by atoms with Gasteiger partial charge in [-0.1, -0.05) is 35.0 Å². The molecular formula is C15H12Cl2OS2. The van der Waals surface area contributed by atoms with Crippen LogP contribution in [0.2, 0.25) is 10.0 Å². The summed E-state index contributed by atoms with van der Waals surface area (Å²) in [5, 5.41) is 11.9. The summed E-state index contributed by atoms with van der Waals surface area (Å²) < 4.78 is 0. The monoisotopic (exact) mass is 342 g/mol. The van der Waals surface area contributed by atoms with Crippen LogP contribution in [0.3, 0.4) is 0 Å². The predicted octanol–water partition coefficient (Wildman–Crippen LogP) is 5.08. The fourth-order valence-corrected chi connectivity index (χ4v) is 3.74. The first-order valence-corrected chi connectivity index (χ1v) is 8.57. The molecule has 0 bridgehead atoms. The lowest BCUT2D eigenvalue weighted by Crippen LogP contribution is -1.82. The normalized spacial score (nSPS) is 10.2. The van der Waals surface area contributed by atoms with Gasteiger partial charge in [-0.15, -0.1) is 23.1 Å². The van der Waals surface area contributed by atoms with Crippen molar-refractivity contribution in [2.75, 3.05) is 6.61 Å². The van der Waals surface area contributed by atoms with Crippen LogP contribution in [-0.4, -0.2) is 11.7 Å². The second kappa shape index (κ2) is 7.97. The topological polar surface area (TPSA) is 20.2 Å². The number of rotatable bonds is 4. The quantitative estimate of drug-likeness (QED) is 0.617. The lowest BCUT2D eigenvalue weighted by Gasteiger charge is -2.02. The molecule has 20 heavy (non-hydrogen) atoms. The van der Waals surface area contributed by atoms with Crippen LogP contribution in [0.25, 0.3) is 0 Å². The van der Waals surface area contributed by atoms with E-state index in [1.165, 1.54) is 4.88 Å². The van der Waals surface area contributed by atoms with E-state index in [1.54, 1.807) is 23.1 Å². The van der Waals surface area contributed by atoms with Crippen LogP contribution in [0.1, 0.15) is 16.9 Å². The predicted molar refractivity (Wildman–Crippen MR) is 88.9 cm³/mol. The Hall–Kier alpha value is -0.630. The summed E-state index contributed by atoms with van der Waals surface area (Å²) in [7, 11) is 0. The second-order valence-electron chi connectivity index (χ2n) is 3.90. The molecule has 0 saturated carbocycles. The number of hydrogen-bond acceptors (Lipinski definition) is 3. The van der Waals surface area contributed by atoms with E-state index in [1.807, 2.05) is 29.6 Å². The molecule has 1 N–H and O–H groups in total. The van der Waals surface area contributed by atoms with Gasteiger partial charge in [-0.3, -0.25) is 0 Å². The number of aliphatic hydroxyl groups excluding tert-OH is 1. The van der Waals surface area contributed by atoms with Gasteiger partial charge in [0, 0.05) is 27.5 Å². The van der Waals surface area contributed by atoms with Gasteiger partial charge in [0.2, 0.25) is 0 Å². The van der Waals surface area contributed by atoms with Gasteiger partial charge in [-0.05, 0) is 29.6 Å². The summed E-state index contributed by atoms with van der Waals surface area (Å²) in [6.07, 6.45) is 0.509. The number of hydrogen-bond donors (Lipinski definition) is 1. The maximum absolute atomic E-state index is 8.74. The van der Waals surface area contributed by atoms with E-state index in [2.05, 4.69) is 11.8 Å². The highest BCUT2D eigenvalue weighted by molar-refractivity contribution is 7.98.